The van der Waals surface area contributed by atoms with Crippen molar-refractivity contribution in [2.24, 2.45) is 0 Å². The lowest BCUT2D eigenvalue weighted by atomic mass is 10.1. The van der Waals surface area contributed by atoms with Gasteiger partial charge in [-0.05, 0) is 31.9 Å². The predicted molar refractivity (Wildman–Crippen MR) is 95.1 cm³/mol. The summed E-state index contributed by atoms with van der Waals surface area (Å²) < 4.78 is 49.5. The third kappa shape index (κ3) is 2.86. The Kier molecular flexibility index (Phi) is 4.20. The lowest BCUT2D eigenvalue weighted by Crippen LogP contribution is -2.21. The number of hydrogen-bond donors (Lipinski definition) is 2. The summed E-state index contributed by atoms with van der Waals surface area (Å²) in [7, 11) is -3.96. The van der Waals surface area contributed by atoms with Gasteiger partial charge in [0, 0.05) is 24.9 Å². The normalized spacial score (nSPS) is 16.2. The summed E-state index contributed by atoms with van der Waals surface area (Å²) in [5.41, 5.74) is 1.54. The van der Waals surface area contributed by atoms with Crippen molar-refractivity contribution >= 4 is 26.6 Å². The number of hydrogen-bond acceptors (Lipinski definition) is 4. The van der Waals surface area contributed by atoms with Crippen LogP contribution < -0.4 is 4.72 Å². The first-order valence-electron chi connectivity index (χ1n) is 8.37. The third-order valence-corrected chi connectivity index (χ3v) is 6.12. The van der Waals surface area contributed by atoms with E-state index in [0.29, 0.717) is 24.4 Å². The molecule has 138 valence electrons. The summed E-state index contributed by atoms with van der Waals surface area (Å²) >= 11 is 0. The van der Waals surface area contributed by atoms with Crippen LogP contribution in [0.3, 0.4) is 0 Å². The van der Waals surface area contributed by atoms with Crippen LogP contribution in [0, 0.1) is 12.7 Å². The Morgan fingerprint density at radius 3 is 2.88 bits per heavy atom. The Labute approximate surface area is 150 Å². The molecule has 3 aromatic rings. The molecule has 0 unspecified atom stereocenters. The number of rotatable bonds is 4. The van der Waals surface area contributed by atoms with Gasteiger partial charge in [0.25, 0.3) is 10.0 Å². The van der Waals surface area contributed by atoms with Crippen LogP contribution in [0.25, 0.3) is 10.9 Å². The van der Waals surface area contributed by atoms with E-state index in [0.717, 1.165) is 18.5 Å². The summed E-state index contributed by atoms with van der Waals surface area (Å²) in [6, 6.07) is 4.59. The van der Waals surface area contributed by atoms with Gasteiger partial charge in [-0.15, -0.1) is 0 Å². The van der Waals surface area contributed by atoms with Crippen LogP contribution in [0.4, 0.5) is 10.1 Å². The summed E-state index contributed by atoms with van der Waals surface area (Å²) in [4.78, 5) is 2.68. The van der Waals surface area contributed by atoms with Crippen molar-refractivity contribution in [3.63, 3.8) is 0 Å². The highest BCUT2D eigenvalue weighted by Gasteiger charge is 2.25. The summed E-state index contributed by atoms with van der Waals surface area (Å²) in [6.45, 7) is 3.15. The molecule has 0 bridgehead atoms. The molecule has 9 heteroatoms. The molecule has 4 rings (SSSR count). The van der Waals surface area contributed by atoms with Gasteiger partial charge in [-0.1, -0.05) is 6.07 Å². The van der Waals surface area contributed by atoms with E-state index in [4.69, 9.17) is 4.74 Å². The Balaban J connectivity index is 1.67. The van der Waals surface area contributed by atoms with Crippen molar-refractivity contribution in [3.8, 4) is 0 Å². The number of ether oxygens (including phenoxy) is 1. The van der Waals surface area contributed by atoms with Gasteiger partial charge in [0.05, 0.1) is 29.0 Å². The SMILES string of the molecule is Cc1c(NS(=O)(=O)c2c[nH]c3cccc(F)c23)cnn1C1CCOCC1. The molecule has 2 aromatic heterocycles. The van der Waals surface area contributed by atoms with E-state index < -0.39 is 15.8 Å². The van der Waals surface area contributed by atoms with Gasteiger partial charge in [-0.2, -0.15) is 5.10 Å². The zero-order valence-corrected chi connectivity index (χ0v) is 15.0. The van der Waals surface area contributed by atoms with Crippen molar-refractivity contribution in [3.05, 3.63) is 42.1 Å². The van der Waals surface area contributed by atoms with Crippen LogP contribution in [0.5, 0.6) is 0 Å². The van der Waals surface area contributed by atoms with Crippen molar-refractivity contribution in [1.82, 2.24) is 14.8 Å². The lowest BCUT2D eigenvalue weighted by molar-refractivity contribution is 0.0657. The number of fused-ring (bicyclic) bond motifs is 1. The average Bonchev–Trinajstić information content (AvgIpc) is 3.21. The second kappa shape index (κ2) is 6.40. The van der Waals surface area contributed by atoms with Crippen molar-refractivity contribution in [1.29, 1.82) is 0 Å². The number of benzene rings is 1. The van der Waals surface area contributed by atoms with Gasteiger partial charge in [0.15, 0.2) is 0 Å². The minimum atomic E-state index is -3.96. The molecule has 0 radical (unpaired) electrons. The summed E-state index contributed by atoms with van der Waals surface area (Å²) in [5.74, 6) is -0.584. The fourth-order valence-corrected chi connectivity index (χ4v) is 4.63. The predicted octanol–water partition coefficient (Wildman–Crippen LogP) is 2.96. The van der Waals surface area contributed by atoms with Crippen LogP contribution in [-0.2, 0) is 14.8 Å². The van der Waals surface area contributed by atoms with E-state index in [1.807, 2.05) is 11.6 Å². The molecule has 0 atom stereocenters. The second-order valence-electron chi connectivity index (χ2n) is 6.35. The molecule has 7 nitrogen and oxygen atoms in total. The largest absolute Gasteiger partial charge is 0.381 e. The molecule has 1 aliphatic rings. The molecule has 0 aliphatic carbocycles. The summed E-state index contributed by atoms with van der Waals surface area (Å²) in [6.07, 6.45) is 4.46. The molecule has 1 saturated heterocycles. The molecule has 1 aliphatic heterocycles. The van der Waals surface area contributed by atoms with Crippen LogP contribution in [0.1, 0.15) is 24.6 Å². The van der Waals surface area contributed by atoms with Gasteiger partial charge in [0.2, 0.25) is 0 Å². The maximum atomic E-state index is 14.1. The molecular formula is C17H19FN4O3S. The highest BCUT2D eigenvalue weighted by atomic mass is 32.2. The first-order chi connectivity index (χ1) is 12.5. The Hall–Kier alpha value is -2.39. The smallest absolute Gasteiger partial charge is 0.264 e. The van der Waals surface area contributed by atoms with Gasteiger partial charge in [0.1, 0.15) is 10.7 Å². The fraction of sp³-hybridized carbons (Fsp3) is 0.353. The van der Waals surface area contributed by atoms with Crippen LogP contribution in [-0.4, -0.2) is 36.4 Å². The van der Waals surface area contributed by atoms with Gasteiger partial charge in [-0.3, -0.25) is 9.40 Å². The first kappa shape index (κ1) is 17.0. The average molecular weight is 378 g/mol. The molecular weight excluding hydrogens is 359 g/mol. The van der Waals surface area contributed by atoms with Crippen molar-refractivity contribution in [2.75, 3.05) is 17.9 Å². The Morgan fingerprint density at radius 2 is 2.12 bits per heavy atom. The highest BCUT2D eigenvalue weighted by molar-refractivity contribution is 7.93. The molecule has 1 aromatic carbocycles. The lowest BCUT2D eigenvalue weighted by Gasteiger charge is -2.23. The number of nitrogens with one attached hydrogen (secondary N) is 2. The number of anilines is 1. The van der Waals surface area contributed by atoms with Crippen LogP contribution in [0.15, 0.2) is 35.5 Å². The standard InChI is InChI=1S/C17H19FN4O3S/c1-11-15(9-20-22(11)12-5-7-25-8-6-12)21-26(23,24)16-10-19-14-4-2-3-13(18)17(14)16/h2-4,9-10,12,19,21H,5-8H2,1H3. The van der Waals surface area contributed by atoms with E-state index in [1.54, 1.807) is 6.07 Å². The van der Waals surface area contributed by atoms with E-state index >= 15 is 0 Å². The van der Waals surface area contributed by atoms with Gasteiger partial charge >= 0.3 is 0 Å². The number of aromatic amines is 1. The quantitative estimate of drug-likeness (QED) is 0.730. The van der Waals surface area contributed by atoms with Crippen molar-refractivity contribution in [2.45, 2.75) is 30.7 Å². The van der Waals surface area contributed by atoms with Crippen LogP contribution >= 0.6 is 0 Å². The molecule has 0 amide bonds. The van der Waals surface area contributed by atoms with E-state index in [-0.39, 0.29) is 16.3 Å². The van der Waals surface area contributed by atoms with Crippen LogP contribution in [0.2, 0.25) is 0 Å². The number of sulfonamides is 1. The number of H-pyrrole nitrogens is 1. The molecule has 26 heavy (non-hydrogen) atoms. The van der Waals surface area contributed by atoms with Gasteiger partial charge in [-0.25, -0.2) is 12.8 Å². The Bertz CT molecular complexity index is 1050. The fourth-order valence-electron chi connectivity index (χ4n) is 3.34. The maximum Gasteiger partial charge on any atom is 0.264 e. The maximum absolute atomic E-state index is 14.1. The van der Waals surface area contributed by atoms with E-state index in [2.05, 4.69) is 14.8 Å². The zero-order chi connectivity index (χ0) is 18.3. The monoisotopic (exact) mass is 378 g/mol. The zero-order valence-electron chi connectivity index (χ0n) is 14.2. The minimum Gasteiger partial charge on any atom is -0.381 e. The van der Waals surface area contributed by atoms with Crippen molar-refractivity contribution < 1.29 is 17.5 Å². The topological polar surface area (TPSA) is 89.0 Å². The van der Waals surface area contributed by atoms with E-state index in [9.17, 15) is 12.8 Å². The first-order valence-corrected chi connectivity index (χ1v) is 9.86. The molecule has 2 N–H and O–H groups in total. The molecule has 0 spiro atoms. The molecule has 3 heterocycles. The second-order valence-corrected chi connectivity index (χ2v) is 8.00. The number of halogens is 1. The molecule has 1 fully saturated rings. The van der Waals surface area contributed by atoms with Gasteiger partial charge < -0.3 is 9.72 Å². The van der Waals surface area contributed by atoms with E-state index in [1.165, 1.54) is 24.5 Å². The minimum absolute atomic E-state index is 0.0504. The highest BCUT2D eigenvalue weighted by Crippen LogP contribution is 2.29. The number of nitrogens with zero attached hydrogens (tertiary/aromatic N) is 2. The molecule has 0 saturated carbocycles. The third-order valence-electron chi connectivity index (χ3n) is 4.73. The summed E-state index contributed by atoms with van der Waals surface area (Å²) in [5, 5.41) is 4.39. The Morgan fingerprint density at radius 1 is 1.35 bits per heavy atom. The number of aromatic nitrogens is 3.